The highest BCUT2D eigenvalue weighted by Gasteiger charge is 2.46. The maximum Gasteiger partial charge on any atom is 0.295 e. The van der Waals surface area contributed by atoms with Gasteiger partial charge in [0, 0.05) is 19.2 Å². The van der Waals surface area contributed by atoms with Crippen LogP contribution in [0, 0.1) is 5.82 Å². The van der Waals surface area contributed by atoms with Crippen LogP contribution in [-0.2, 0) is 14.3 Å². The van der Waals surface area contributed by atoms with E-state index in [0.717, 1.165) is 0 Å². The lowest BCUT2D eigenvalue weighted by Crippen LogP contribution is -2.31. The molecule has 1 saturated heterocycles. The molecule has 7 nitrogen and oxygen atoms in total. The summed E-state index contributed by atoms with van der Waals surface area (Å²) in [6.07, 6.45) is 0.497. The van der Waals surface area contributed by atoms with Crippen LogP contribution in [0.15, 0.2) is 42.0 Å². The third-order valence-electron chi connectivity index (χ3n) is 5.45. The van der Waals surface area contributed by atoms with E-state index in [1.165, 1.54) is 55.5 Å². The number of aliphatic hydroxyl groups is 1. The van der Waals surface area contributed by atoms with Crippen LogP contribution in [0.3, 0.4) is 0 Å². The Morgan fingerprint density at radius 1 is 1.12 bits per heavy atom. The Bertz CT molecular complexity index is 1100. The fourth-order valence-corrected chi connectivity index (χ4v) is 4.08. The molecule has 2 aromatic carbocycles. The SMILES string of the molecule is COc1cc(/C(O)=C2\C(=O)C(=O)N(CCCOC(C)C)C2c2ccc(F)cc2)c(OC)cc1Cl. The fraction of sp³-hybridized carbons (Fsp3) is 0.360. The van der Waals surface area contributed by atoms with E-state index in [2.05, 4.69) is 0 Å². The first-order valence-corrected chi connectivity index (χ1v) is 11.1. The zero-order valence-electron chi connectivity index (χ0n) is 19.4. The van der Waals surface area contributed by atoms with Crippen molar-refractivity contribution in [2.75, 3.05) is 27.4 Å². The van der Waals surface area contributed by atoms with Gasteiger partial charge in [-0.05, 0) is 44.0 Å². The molecule has 2 aromatic rings. The lowest BCUT2D eigenvalue weighted by atomic mass is 9.95. The van der Waals surface area contributed by atoms with Crippen molar-refractivity contribution in [3.05, 3.63) is 63.9 Å². The summed E-state index contributed by atoms with van der Waals surface area (Å²) in [6.45, 7) is 4.40. The molecule has 1 heterocycles. The van der Waals surface area contributed by atoms with Gasteiger partial charge in [-0.15, -0.1) is 0 Å². The van der Waals surface area contributed by atoms with Gasteiger partial charge in [0.25, 0.3) is 11.7 Å². The van der Waals surface area contributed by atoms with Crippen molar-refractivity contribution in [1.82, 2.24) is 4.90 Å². The van der Waals surface area contributed by atoms with Crippen molar-refractivity contribution in [3.8, 4) is 11.5 Å². The smallest absolute Gasteiger partial charge is 0.295 e. The topological polar surface area (TPSA) is 85.3 Å². The number of hydrogen-bond donors (Lipinski definition) is 1. The first kappa shape index (κ1) is 25.5. The summed E-state index contributed by atoms with van der Waals surface area (Å²) in [5, 5.41) is 11.5. The number of halogens is 2. The molecule has 3 rings (SSSR count). The monoisotopic (exact) mass is 491 g/mol. The Morgan fingerprint density at radius 2 is 1.76 bits per heavy atom. The van der Waals surface area contributed by atoms with Gasteiger partial charge < -0.3 is 24.2 Å². The summed E-state index contributed by atoms with van der Waals surface area (Å²) in [7, 11) is 2.80. The number of methoxy groups -OCH3 is 2. The molecule has 9 heteroatoms. The molecule has 1 fully saturated rings. The summed E-state index contributed by atoms with van der Waals surface area (Å²) < 4.78 is 29.8. The van der Waals surface area contributed by atoms with Crippen molar-refractivity contribution in [3.63, 3.8) is 0 Å². The molecule has 0 bridgehead atoms. The molecule has 1 unspecified atom stereocenters. The molecule has 0 aliphatic carbocycles. The lowest BCUT2D eigenvalue weighted by Gasteiger charge is -2.25. The summed E-state index contributed by atoms with van der Waals surface area (Å²) >= 11 is 6.17. The van der Waals surface area contributed by atoms with Crippen LogP contribution in [0.4, 0.5) is 4.39 Å². The third kappa shape index (κ3) is 5.18. The molecule has 0 aromatic heterocycles. The Morgan fingerprint density at radius 3 is 2.35 bits per heavy atom. The van der Waals surface area contributed by atoms with Gasteiger partial charge in [0.05, 0.1) is 42.5 Å². The molecular weight excluding hydrogens is 465 g/mol. The minimum atomic E-state index is -0.925. The second-order valence-electron chi connectivity index (χ2n) is 8.00. The summed E-state index contributed by atoms with van der Waals surface area (Å²) in [6, 6.07) is 7.40. The second kappa shape index (κ2) is 10.9. The van der Waals surface area contributed by atoms with Crippen molar-refractivity contribution in [2.24, 2.45) is 0 Å². The molecule has 182 valence electrons. The van der Waals surface area contributed by atoms with Crippen LogP contribution in [-0.4, -0.2) is 55.2 Å². The highest BCUT2D eigenvalue weighted by Crippen LogP contribution is 2.43. The minimum absolute atomic E-state index is 0.0238. The van der Waals surface area contributed by atoms with E-state index >= 15 is 0 Å². The van der Waals surface area contributed by atoms with Gasteiger partial charge in [-0.2, -0.15) is 0 Å². The molecule has 1 N–H and O–H groups in total. The van der Waals surface area contributed by atoms with E-state index in [0.29, 0.717) is 18.6 Å². The molecule has 34 heavy (non-hydrogen) atoms. The average Bonchev–Trinajstić information content (AvgIpc) is 3.06. The van der Waals surface area contributed by atoms with Gasteiger partial charge in [-0.1, -0.05) is 23.7 Å². The number of hydrogen-bond acceptors (Lipinski definition) is 6. The highest BCUT2D eigenvalue weighted by atomic mass is 35.5. The first-order valence-electron chi connectivity index (χ1n) is 10.8. The summed E-state index contributed by atoms with van der Waals surface area (Å²) in [5.74, 6) is -2.08. The Balaban J connectivity index is 2.13. The Labute approximate surface area is 202 Å². The van der Waals surface area contributed by atoms with Gasteiger partial charge >= 0.3 is 0 Å². The molecular formula is C25H27ClFNO6. The zero-order chi connectivity index (χ0) is 25.0. The second-order valence-corrected chi connectivity index (χ2v) is 8.41. The van der Waals surface area contributed by atoms with Crippen molar-refractivity contribution in [2.45, 2.75) is 32.4 Å². The Kier molecular flexibility index (Phi) is 8.17. The number of benzene rings is 2. The van der Waals surface area contributed by atoms with E-state index in [4.69, 9.17) is 25.8 Å². The summed E-state index contributed by atoms with van der Waals surface area (Å²) in [5.41, 5.74) is 0.480. The van der Waals surface area contributed by atoms with E-state index in [9.17, 15) is 19.1 Å². The number of Topliss-reactive ketones (excluding diaryl/α,β-unsaturated/α-hetero) is 1. The number of aliphatic hydroxyl groups excluding tert-OH is 1. The van der Waals surface area contributed by atoms with Crippen molar-refractivity contribution in [1.29, 1.82) is 0 Å². The fourth-order valence-electron chi connectivity index (χ4n) is 3.85. The standard InChI is InChI=1S/C25H27ClFNO6/c1-14(2)34-11-5-10-28-22(15-6-8-16(27)9-7-15)21(24(30)25(28)31)23(29)17-12-20(33-4)18(26)13-19(17)32-3/h6-9,12-14,22,29H,5,10-11H2,1-4H3/b23-21+. The van der Waals surface area contributed by atoms with E-state index in [1.54, 1.807) is 0 Å². The van der Waals surface area contributed by atoms with Gasteiger partial charge in [0.1, 0.15) is 23.1 Å². The number of likely N-dealkylation sites (tertiary alicyclic amines) is 1. The zero-order valence-corrected chi connectivity index (χ0v) is 20.2. The van der Waals surface area contributed by atoms with Crippen LogP contribution in [0.1, 0.15) is 37.4 Å². The largest absolute Gasteiger partial charge is 0.507 e. The number of carbonyl (C=O) groups is 2. The molecule has 1 atom stereocenters. The van der Waals surface area contributed by atoms with Gasteiger partial charge in [-0.3, -0.25) is 9.59 Å². The van der Waals surface area contributed by atoms with Crippen molar-refractivity contribution >= 4 is 29.1 Å². The predicted molar refractivity (Wildman–Crippen MR) is 126 cm³/mol. The lowest BCUT2D eigenvalue weighted by molar-refractivity contribution is -0.140. The number of carbonyl (C=O) groups excluding carboxylic acids is 2. The quantitative estimate of drug-likeness (QED) is 0.236. The highest BCUT2D eigenvalue weighted by molar-refractivity contribution is 6.46. The normalized spacial score (nSPS) is 17.5. The number of ether oxygens (including phenoxy) is 3. The van der Waals surface area contributed by atoms with E-state index in [-0.39, 0.29) is 40.3 Å². The molecule has 1 amide bonds. The van der Waals surface area contributed by atoms with E-state index < -0.39 is 29.3 Å². The van der Waals surface area contributed by atoms with Gasteiger partial charge in [0.2, 0.25) is 0 Å². The van der Waals surface area contributed by atoms with Gasteiger partial charge in [-0.25, -0.2) is 4.39 Å². The molecule has 0 radical (unpaired) electrons. The molecule has 0 spiro atoms. The maximum atomic E-state index is 13.6. The van der Waals surface area contributed by atoms with Crippen LogP contribution in [0.5, 0.6) is 11.5 Å². The van der Waals surface area contributed by atoms with Crippen molar-refractivity contribution < 1.29 is 33.3 Å². The van der Waals surface area contributed by atoms with Crippen LogP contribution >= 0.6 is 11.6 Å². The number of nitrogens with zero attached hydrogens (tertiary/aromatic N) is 1. The Hall–Kier alpha value is -3.10. The molecule has 0 saturated carbocycles. The first-order chi connectivity index (χ1) is 16.2. The van der Waals surface area contributed by atoms with E-state index in [1.807, 2.05) is 13.8 Å². The molecule has 1 aliphatic rings. The van der Waals surface area contributed by atoms with Gasteiger partial charge in [0.15, 0.2) is 0 Å². The third-order valence-corrected chi connectivity index (χ3v) is 5.74. The number of ketones is 1. The number of rotatable bonds is 9. The number of amides is 1. The maximum absolute atomic E-state index is 13.6. The van der Waals surface area contributed by atoms with Crippen LogP contribution in [0.25, 0.3) is 5.76 Å². The average molecular weight is 492 g/mol. The van der Waals surface area contributed by atoms with Crippen LogP contribution in [0.2, 0.25) is 5.02 Å². The predicted octanol–water partition coefficient (Wildman–Crippen LogP) is 4.73. The van der Waals surface area contributed by atoms with Crippen LogP contribution < -0.4 is 9.47 Å². The molecule has 1 aliphatic heterocycles. The summed E-state index contributed by atoms with van der Waals surface area (Å²) in [4.78, 5) is 27.5. The minimum Gasteiger partial charge on any atom is -0.507 e.